The van der Waals surface area contributed by atoms with Crippen LogP contribution < -0.4 is 5.32 Å². The van der Waals surface area contributed by atoms with Crippen molar-refractivity contribution in [3.8, 4) is 0 Å². The molecule has 20 heavy (non-hydrogen) atoms. The lowest BCUT2D eigenvalue weighted by molar-refractivity contribution is 0.582. The predicted octanol–water partition coefficient (Wildman–Crippen LogP) is 4.10. The standard InChI is InChI=1S/C16H18BrFN2/c1-10-4-13(5-11(2)20-10)16(19-3)8-12-6-14(17)9-15(18)7-12/h4-7,9,16,19H,8H2,1-3H3. The summed E-state index contributed by atoms with van der Waals surface area (Å²) in [5, 5.41) is 3.29. The van der Waals surface area contributed by atoms with Gasteiger partial charge in [0, 0.05) is 21.9 Å². The van der Waals surface area contributed by atoms with Gasteiger partial charge in [-0.1, -0.05) is 15.9 Å². The smallest absolute Gasteiger partial charge is 0.124 e. The molecule has 2 nitrogen and oxygen atoms in total. The van der Waals surface area contributed by atoms with Gasteiger partial charge in [0.05, 0.1) is 0 Å². The molecule has 2 rings (SSSR count). The molecule has 0 saturated carbocycles. The number of likely N-dealkylation sites (N-methyl/N-ethyl adjacent to an activating group) is 1. The van der Waals surface area contributed by atoms with Crippen LogP contribution in [0.15, 0.2) is 34.8 Å². The second-order valence-corrected chi connectivity index (χ2v) is 5.92. The van der Waals surface area contributed by atoms with E-state index in [1.165, 1.54) is 11.6 Å². The van der Waals surface area contributed by atoms with E-state index < -0.39 is 0 Å². The molecule has 2 aromatic rings. The van der Waals surface area contributed by atoms with Crippen molar-refractivity contribution < 1.29 is 4.39 Å². The Bertz CT molecular complexity index is 573. The van der Waals surface area contributed by atoms with Crippen LogP contribution in [-0.2, 0) is 6.42 Å². The van der Waals surface area contributed by atoms with Gasteiger partial charge >= 0.3 is 0 Å². The molecule has 0 aliphatic rings. The van der Waals surface area contributed by atoms with Gasteiger partial charge in [0.25, 0.3) is 0 Å². The normalized spacial score (nSPS) is 12.4. The lowest BCUT2D eigenvalue weighted by Gasteiger charge is -2.18. The number of nitrogens with zero attached hydrogens (tertiary/aromatic N) is 1. The van der Waals surface area contributed by atoms with E-state index in [0.717, 1.165) is 27.8 Å². The second kappa shape index (κ2) is 6.46. The monoisotopic (exact) mass is 336 g/mol. The van der Waals surface area contributed by atoms with Crippen LogP contribution in [0.1, 0.15) is 28.6 Å². The number of hydrogen-bond donors (Lipinski definition) is 1. The molecular formula is C16H18BrFN2. The molecule has 0 radical (unpaired) electrons. The first-order valence-electron chi connectivity index (χ1n) is 6.55. The van der Waals surface area contributed by atoms with Crippen LogP contribution in [0.25, 0.3) is 0 Å². The van der Waals surface area contributed by atoms with Crippen LogP contribution >= 0.6 is 15.9 Å². The zero-order chi connectivity index (χ0) is 14.7. The van der Waals surface area contributed by atoms with Crippen molar-refractivity contribution in [3.63, 3.8) is 0 Å². The Morgan fingerprint density at radius 2 is 1.80 bits per heavy atom. The average molecular weight is 337 g/mol. The first-order valence-corrected chi connectivity index (χ1v) is 7.34. The van der Waals surface area contributed by atoms with Crippen LogP contribution in [0.5, 0.6) is 0 Å². The van der Waals surface area contributed by atoms with E-state index in [1.807, 2.05) is 27.0 Å². The fourth-order valence-electron chi connectivity index (χ4n) is 2.42. The van der Waals surface area contributed by atoms with Crippen molar-refractivity contribution in [2.75, 3.05) is 7.05 Å². The van der Waals surface area contributed by atoms with Gasteiger partial charge in [-0.2, -0.15) is 0 Å². The number of benzene rings is 1. The summed E-state index contributed by atoms with van der Waals surface area (Å²) in [5.41, 5.74) is 4.14. The molecule has 1 aromatic carbocycles. The Balaban J connectivity index is 2.28. The Labute approximate surface area is 127 Å². The van der Waals surface area contributed by atoms with Crippen molar-refractivity contribution in [2.24, 2.45) is 0 Å². The lowest BCUT2D eigenvalue weighted by Crippen LogP contribution is -2.19. The summed E-state index contributed by atoms with van der Waals surface area (Å²) in [6, 6.07) is 9.29. The predicted molar refractivity (Wildman–Crippen MR) is 83.3 cm³/mol. The molecule has 1 unspecified atom stereocenters. The van der Waals surface area contributed by atoms with Crippen LogP contribution in [0.4, 0.5) is 4.39 Å². The maximum atomic E-state index is 13.5. The number of hydrogen-bond acceptors (Lipinski definition) is 2. The Morgan fingerprint density at radius 1 is 1.15 bits per heavy atom. The van der Waals surface area contributed by atoms with E-state index in [0.29, 0.717) is 0 Å². The third kappa shape index (κ3) is 3.87. The van der Waals surface area contributed by atoms with E-state index in [1.54, 1.807) is 6.07 Å². The van der Waals surface area contributed by atoms with Gasteiger partial charge in [-0.25, -0.2) is 4.39 Å². The number of halogens is 2. The highest BCUT2D eigenvalue weighted by atomic mass is 79.9. The fourth-order valence-corrected chi connectivity index (χ4v) is 2.93. The van der Waals surface area contributed by atoms with Crippen molar-refractivity contribution in [2.45, 2.75) is 26.3 Å². The van der Waals surface area contributed by atoms with Crippen molar-refractivity contribution in [1.82, 2.24) is 10.3 Å². The van der Waals surface area contributed by atoms with Gasteiger partial charge in [-0.15, -0.1) is 0 Å². The maximum absolute atomic E-state index is 13.5. The zero-order valence-corrected chi connectivity index (χ0v) is 13.5. The third-order valence-corrected chi connectivity index (χ3v) is 3.67. The highest BCUT2D eigenvalue weighted by molar-refractivity contribution is 9.10. The first-order chi connectivity index (χ1) is 9.47. The van der Waals surface area contributed by atoms with Gasteiger partial charge < -0.3 is 5.32 Å². The summed E-state index contributed by atoms with van der Waals surface area (Å²) >= 11 is 3.33. The lowest BCUT2D eigenvalue weighted by atomic mass is 9.98. The van der Waals surface area contributed by atoms with E-state index in [-0.39, 0.29) is 11.9 Å². The summed E-state index contributed by atoms with van der Waals surface area (Å²) in [6.45, 7) is 3.98. The molecule has 0 amide bonds. The number of pyridine rings is 1. The minimum absolute atomic E-state index is 0.143. The molecule has 0 spiro atoms. The van der Waals surface area contributed by atoms with Gasteiger partial charge in [0.1, 0.15) is 5.82 Å². The summed E-state index contributed by atoms with van der Waals surface area (Å²) in [6.07, 6.45) is 0.732. The van der Waals surface area contributed by atoms with E-state index in [4.69, 9.17) is 0 Å². The molecule has 0 bridgehead atoms. The third-order valence-electron chi connectivity index (χ3n) is 3.22. The molecule has 106 valence electrons. The second-order valence-electron chi connectivity index (χ2n) is 5.01. The van der Waals surface area contributed by atoms with Gasteiger partial charge in [-0.05, 0) is 68.8 Å². The van der Waals surface area contributed by atoms with E-state index >= 15 is 0 Å². The SMILES string of the molecule is CNC(Cc1cc(F)cc(Br)c1)c1cc(C)nc(C)c1. The van der Waals surface area contributed by atoms with Crippen LogP contribution in [-0.4, -0.2) is 12.0 Å². The Morgan fingerprint density at radius 3 is 2.35 bits per heavy atom. The van der Waals surface area contributed by atoms with Crippen LogP contribution in [0, 0.1) is 19.7 Å². The Kier molecular flexibility index (Phi) is 4.89. The number of rotatable bonds is 4. The minimum atomic E-state index is -0.216. The molecule has 0 aliphatic carbocycles. The largest absolute Gasteiger partial charge is 0.313 e. The molecule has 1 N–H and O–H groups in total. The van der Waals surface area contributed by atoms with E-state index in [2.05, 4.69) is 38.4 Å². The Hall–Kier alpha value is -1.26. The minimum Gasteiger partial charge on any atom is -0.313 e. The van der Waals surface area contributed by atoms with Crippen molar-refractivity contribution in [3.05, 3.63) is 63.1 Å². The summed E-state index contributed by atoms with van der Waals surface area (Å²) in [4.78, 5) is 4.39. The molecule has 1 aromatic heterocycles. The number of nitrogens with one attached hydrogen (secondary N) is 1. The molecule has 0 saturated heterocycles. The van der Waals surface area contributed by atoms with Gasteiger partial charge in [0.2, 0.25) is 0 Å². The zero-order valence-electron chi connectivity index (χ0n) is 11.9. The molecule has 1 atom stereocenters. The van der Waals surface area contributed by atoms with Gasteiger partial charge in [-0.3, -0.25) is 4.98 Å². The van der Waals surface area contributed by atoms with Crippen LogP contribution in [0.2, 0.25) is 0 Å². The number of aryl methyl sites for hydroxylation is 2. The molecule has 0 fully saturated rings. The van der Waals surface area contributed by atoms with Crippen molar-refractivity contribution in [1.29, 1.82) is 0 Å². The van der Waals surface area contributed by atoms with Gasteiger partial charge in [0.15, 0.2) is 0 Å². The summed E-state index contributed by atoms with van der Waals surface area (Å²) in [7, 11) is 1.92. The molecule has 4 heteroatoms. The van der Waals surface area contributed by atoms with E-state index in [9.17, 15) is 4.39 Å². The van der Waals surface area contributed by atoms with Crippen molar-refractivity contribution >= 4 is 15.9 Å². The van der Waals surface area contributed by atoms with Crippen LogP contribution in [0.3, 0.4) is 0 Å². The topological polar surface area (TPSA) is 24.9 Å². The summed E-state index contributed by atoms with van der Waals surface area (Å²) in [5.74, 6) is -0.216. The molecular weight excluding hydrogens is 319 g/mol. The average Bonchev–Trinajstić information content (AvgIpc) is 2.33. The highest BCUT2D eigenvalue weighted by Crippen LogP contribution is 2.22. The quantitative estimate of drug-likeness (QED) is 0.908. The first kappa shape index (κ1) is 15.1. The maximum Gasteiger partial charge on any atom is 0.124 e. The molecule has 1 heterocycles. The molecule has 0 aliphatic heterocycles. The fraction of sp³-hybridized carbons (Fsp3) is 0.312. The highest BCUT2D eigenvalue weighted by Gasteiger charge is 2.12. The number of aromatic nitrogens is 1. The summed E-state index contributed by atoms with van der Waals surface area (Å²) < 4.78 is 14.2.